The molecule has 1 amide bonds. The predicted octanol–water partition coefficient (Wildman–Crippen LogP) is 3.18. The Morgan fingerprint density at radius 2 is 1.83 bits per heavy atom. The Hall–Kier alpha value is -3.06. The van der Waals surface area contributed by atoms with Crippen molar-refractivity contribution in [1.82, 2.24) is 14.4 Å². The van der Waals surface area contributed by atoms with Crippen LogP contribution in [0.25, 0.3) is 10.9 Å². The number of amides is 1. The number of hydrogen-bond acceptors (Lipinski definition) is 5. The number of furan rings is 1. The second kappa shape index (κ2) is 8.75. The van der Waals surface area contributed by atoms with E-state index in [9.17, 15) is 9.59 Å². The van der Waals surface area contributed by atoms with Gasteiger partial charge < -0.3 is 18.6 Å². The van der Waals surface area contributed by atoms with E-state index in [0.29, 0.717) is 18.8 Å². The van der Waals surface area contributed by atoms with Crippen molar-refractivity contribution in [2.24, 2.45) is 7.05 Å². The number of fused-ring (bicyclic) bond motifs is 1. The molecule has 3 aromatic rings. The van der Waals surface area contributed by atoms with Crippen molar-refractivity contribution in [2.75, 3.05) is 26.2 Å². The van der Waals surface area contributed by atoms with Crippen molar-refractivity contribution in [1.29, 1.82) is 0 Å². The third-order valence-corrected chi connectivity index (χ3v) is 5.52. The van der Waals surface area contributed by atoms with E-state index in [2.05, 4.69) is 4.90 Å². The predicted molar refractivity (Wildman–Crippen MR) is 113 cm³/mol. The van der Waals surface area contributed by atoms with Gasteiger partial charge in [0.2, 0.25) is 0 Å². The van der Waals surface area contributed by atoms with Gasteiger partial charge in [-0.3, -0.25) is 14.5 Å². The maximum absolute atomic E-state index is 13.2. The molecule has 0 radical (unpaired) electrons. The third-order valence-electron chi connectivity index (χ3n) is 5.52. The smallest absolute Gasteiger partial charge is 0.303 e. The number of carbonyl (C=O) groups excluding carboxylic acids is 2. The average molecular weight is 409 g/mol. The summed E-state index contributed by atoms with van der Waals surface area (Å²) in [5, 5.41) is 1.00. The Kier molecular flexibility index (Phi) is 5.90. The first-order valence-electron chi connectivity index (χ1n) is 10.3. The highest BCUT2D eigenvalue weighted by Gasteiger charge is 2.23. The van der Waals surface area contributed by atoms with Crippen LogP contribution in [-0.4, -0.2) is 52.4 Å². The Morgan fingerprint density at radius 3 is 2.67 bits per heavy atom. The molecular formula is C23H27N3O4. The van der Waals surface area contributed by atoms with E-state index in [1.165, 1.54) is 6.92 Å². The summed E-state index contributed by atoms with van der Waals surface area (Å²) < 4.78 is 12.8. The number of esters is 1. The molecule has 1 fully saturated rings. The Morgan fingerprint density at radius 1 is 1.03 bits per heavy atom. The van der Waals surface area contributed by atoms with Crippen molar-refractivity contribution < 1.29 is 18.7 Å². The zero-order valence-corrected chi connectivity index (χ0v) is 17.5. The number of hydrogen-bond donors (Lipinski definition) is 0. The molecule has 0 atom stereocenters. The maximum Gasteiger partial charge on any atom is 0.303 e. The van der Waals surface area contributed by atoms with Gasteiger partial charge >= 0.3 is 5.97 Å². The van der Waals surface area contributed by atoms with Crippen LogP contribution >= 0.6 is 0 Å². The molecule has 1 aliphatic rings. The lowest BCUT2D eigenvalue weighted by Gasteiger charge is -2.21. The van der Waals surface area contributed by atoms with Crippen LogP contribution in [0.2, 0.25) is 0 Å². The standard InChI is InChI=1S/C23H27N3O4/c1-17(27)29-16-19-9-8-18(30-19)14-25-10-5-11-26(13-12-25)23(28)21-15-24(2)22-7-4-3-6-20(21)22/h3-4,6-9,15H,5,10-14,16H2,1-2H3. The quantitative estimate of drug-likeness (QED) is 0.606. The minimum Gasteiger partial charge on any atom is -0.461 e. The first kappa shape index (κ1) is 20.2. The number of carbonyl (C=O) groups is 2. The van der Waals surface area contributed by atoms with Crippen LogP contribution in [0.4, 0.5) is 0 Å². The molecular weight excluding hydrogens is 382 g/mol. The summed E-state index contributed by atoms with van der Waals surface area (Å²) in [4.78, 5) is 28.4. The minimum absolute atomic E-state index is 0.0929. The monoisotopic (exact) mass is 409 g/mol. The fraction of sp³-hybridized carbons (Fsp3) is 0.391. The van der Waals surface area contributed by atoms with Crippen LogP contribution in [0.1, 0.15) is 35.2 Å². The lowest BCUT2D eigenvalue weighted by Crippen LogP contribution is -2.35. The summed E-state index contributed by atoms with van der Waals surface area (Å²) in [7, 11) is 1.97. The van der Waals surface area contributed by atoms with Gasteiger partial charge in [-0.1, -0.05) is 18.2 Å². The molecule has 1 aliphatic heterocycles. The highest BCUT2D eigenvalue weighted by Crippen LogP contribution is 2.22. The molecule has 1 aromatic carbocycles. The fourth-order valence-electron chi connectivity index (χ4n) is 3.99. The molecule has 0 bridgehead atoms. The number of aromatic nitrogens is 1. The summed E-state index contributed by atoms with van der Waals surface area (Å²) in [6.45, 7) is 5.33. The van der Waals surface area contributed by atoms with Gasteiger partial charge in [0.05, 0.1) is 12.1 Å². The van der Waals surface area contributed by atoms with Gasteiger partial charge in [0.15, 0.2) is 0 Å². The van der Waals surface area contributed by atoms with E-state index in [-0.39, 0.29) is 18.5 Å². The van der Waals surface area contributed by atoms with Crippen LogP contribution in [0, 0.1) is 0 Å². The molecule has 3 heterocycles. The van der Waals surface area contributed by atoms with E-state index in [0.717, 1.165) is 48.3 Å². The van der Waals surface area contributed by atoms with E-state index in [4.69, 9.17) is 9.15 Å². The van der Waals surface area contributed by atoms with Gasteiger partial charge in [0.1, 0.15) is 18.1 Å². The van der Waals surface area contributed by atoms with Gasteiger partial charge in [-0.2, -0.15) is 0 Å². The lowest BCUT2D eigenvalue weighted by molar-refractivity contribution is -0.142. The average Bonchev–Trinajstić information content (AvgIpc) is 3.24. The molecule has 1 saturated heterocycles. The number of rotatable bonds is 5. The molecule has 7 heteroatoms. The van der Waals surface area contributed by atoms with Crippen molar-refractivity contribution in [3.63, 3.8) is 0 Å². The highest BCUT2D eigenvalue weighted by molar-refractivity contribution is 6.07. The normalized spacial score (nSPS) is 15.3. The molecule has 158 valence electrons. The van der Waals surface area contributed by atoms with Crippen molar-refractivity contribution in [2.45, 2.75) is 26.5 Å². The molecule has 0 spiro atoms. The SMILES string of the molecule is CC(=O)OCc1ccc(CN2CCCN(C(=O)c3cn(C)c4ccccc34)CC2)o1. The van der Waals surface area contributed by atoms with Crippen molar-refractivity contribution in [3.05, 3.63) is 59.7 Å². The van der Waals surface area contributed by atoms with Gasteiger partial charge in [-0.05, 0) is 24.6 Å². The molecule has 0 saturated carbocycles. The number of para-hydroxylation sites is 1. The largest absolute Gasteiger partial charge is 0.461 e. The summed E-state index contributed by atoms with van der Waals surface area (Å²) in [5.74, 6) is 1.25. The second-order valence-corrected chi connectivity index (χ2v) is 7.74. The number of benzene rings is 1. The fourth-order valence-corrected chi connectivity index (χ4v) is 3.99. The number of ether oxygens (including phenoxy) is 1. The van der Waals surface area contributed by atoms with Crippen LogP contribution in [0.3, 0.4) is 0 Å². The van der Waals surface area contributed by atoms with Crippen molar-refractivity contribution >= 4 is 22.8 Å². The molecule has 7 nitrogen and oxygen atoms in total. The van der Waals surface area contributed by atoms with Crippen LogP contribution in [0.15, 0.2) is 47.0 Å². The molecule has 4 rings (SSSR count). The Bertz CT molecular complexity index is 1050. The van der Waals surface area contributed by atoms with E-state index >= 15 is 0 Å². The van der Waals surface area contributed by atoms with Crippen LogP contribution < -0.4 is 0 Å². The first-order chi connectivity index (χ1) is 14.5. The molecule has 30 heavy (non-hydrogen) atoms. The highest BCUT2D eigenvalue weighted by atomic mass is 16.5. The van der Waals surface area contributed by atoms with Gasteiger partial charge in [-0.25, -0.2) is 0 Å². The third kappa shape index (κ3) is 4.41. The number of nitrogens with zero attached hydrogens (tertiary/aromatic N) is 3. The number of aryl methyl sites for hydroxylation is 1. The zero-order chi connectivity index (χ0) is 21.1. The van der Waals surface area contributed by atoms with Crippen molar-refractivity contribution in [3.8, 4) is 0 Å². The summed E-state index contributed by atoms with van der Waals surface area (Å²) >= 11 is 0. The van der Waals surface area contributed by atoms with Gasteiger partial charge in [0.25, 0.3) is 5.91 Å². The van der Waals surface area contributed by atoms with E-state index in [1.807, 2.05) is 59.1 Å². The zero-order valence-electron chi connectivity index (χ0n) is 17.5. The molecule has 2 aromatic heterocycles. The van der Waals surface area contributed by atoms with Gasteiger partial charge in [-0.15, -0.1) is 0 Å². The Balaban J connectivity index is 1.38. The minimum atomic E-state index is -0.323. The molecule has 0 unspecified atom stereocenters. The van der Waals surface area contributed by atoms with Crippen LogP contribution in [0.5, 0.6) is 0 Å². The van der Waals surface area contributed by atoms with Gasteiger partial charge in [0, 0.05) is 57.3 Å². The van der Waals surface area contributed by atoms with Crippen LogP contribution in [-0.2, 0) is 29.7 Å². The topological polar surface area (TPSA) is 67.9 Å². The molecule has 0 N–H and O–H groups in total. The summed E-state index contributed by atoms with van der Waals surface area (Å²) in [6.07, 6.45) is 2.85. The summed E-state index contributed by atoms with van der Waals surface area (Å²) in [5.41, 5.74) is 1.84. The van der Waals surface area contributed by atoms with E-state index < -0.39 is 0 Å². The maximum atomic E-state index is 13.2. The lowest BCUT2D eigenvalue weighted by atomic mass is 10.1. The van der Waals surface area contributed by atoms with E-state index in [1.54, 1.807) is 0 Å². The Labute approximate surface area is 175 Å². The molecule has 0 aliphatic carbocycles. The summed E-state index contributed by atoms with van der Waals surface area (Å²) in [6, 6.07) is 11.8. The second-order valence-electron chi connectivity index (χ2n) is 7.74. The first-order valence-corrected chi connectivity index (χ1v) is 10.3.